The molecule has 1 aromatic carbocycles. The van der Waals surface area contributed by atoms with Crippen molar-refractivity contribution in [3.05, 3.63) is 53.7 Å². The number of fused-ring (bicyclic) bond motifs is 1. The number of hydrogen-bond donors (Lipinski definition) is 2. The van der Waals surface area contributed by atoms with E-state index in [1.165, 1.54) is 6.26 Å². The lowest BCUT2D eigenvalue weighted by Crippen LogP contribution is -2.28. The van der Waals surface area contributed by atoms with Gasteiger partial charge in [-0.15, -0.1) is 0 Å². The molecule has 1 amide bonds. The second-order valence-electron chi connectivity index (χ2n) is 5.13. The number of benzene rings is 1. The van der Waals surface area contributed by atoms with Gasteiger partial charge >= 0.3 is 0 Å². The van der Waals surface area contributed by atoms with Crippen LogP contribution in [0.5, 0.6) is 5.75 Å². The summed E-state index contributed by atoms with van der Waals surface area (Å²) in [6, 6.07) is 8.80. The van der Waals surface area contributed by atoms with E-state index in [0.717, 1.165) is 10.9 Å². The number of ether oxygens (including phenoxy) is 1. The fourth-order valence-electron chi connectivity index (χ4n) is 2.45. The van der Waals surface area contributed by atoms with Crippen molar-refractivity contribution in [2.75, 3.05) is 13.7 Å². The van der Waals surface area contributed by atoms with E-state index in [0.29, 0.717) is 17.1 Å². The standard InChI is InChI=1S/C17H17NO5/c1-10-11-5-3-6-14(21-2)16(11)23-15(10)17(20)18-9-12(19)13-7-4-8-22-13/h3-8,12,19H,9H2,1-2H3,(H,18,20). The number of carbonyl (C=O) groups is 1. The van der Waals surface area contributed by atoms with Crippen LogP contribution in [0.25, 0.3) is 11.0 Å². The van der Waals surface area contributed by atoms with Gasteiger partial charge in [-0.2, -0.15) is 0 Å². The van der Waals surface area contributed by atoms with E-state index < -0.39 is 12.0 Å². The molecule has 2 heterocycles. The Morgan fingerprint density at radius 1 is 1.35 bits per heavy atom. The zero-order valence-electron chi connectivity index (χ0n) is 12.8. The van der Waals surface area contributed by atoms with Crippen LogP contribution in [0, 0.1) is 6.92 Å². The van der Waals surface area contributed by atoms with Gasteiger partial charge in [0, 0.05) is 10.9 Å². The van der Waals surface area contributed by atoms with Gasteiger partial charge < -0.3 is 24.0 Å². The second-order valence-corrected chi connectivity index (χ2v) is 5.13. The Balaban J connectivity index is 1.80. The zero-order chi connectivity index (χ0) is 16.4. The van der Waals surface area contributed by atoms with E-state index in [1.54, 1.807) is 25.3 Å². The predicted octanol–water partition coefficient (Wildman–Crippen LogP) is 2.81. The Hall–Kier alpha value is -2.73. The predicted molar refractivity (Wildman–Crippen MR) is 83.5 cm³/mol. The van der Waals surface area contributed by atoms with Gasteiger partial charge in [0.15, 0.2) is 17.1 Å². The summed E-state index contributed by atoms with van der Waals surface area (Å²) in [6.45, 7) is 1.84. The van der Waals surface area contributed by atoms with Crippen molar-refractivity contribution < 1.29 is 23.5 Å². The molecule has 2 N–H and O–H groups in total. The van der Waals surface area contributed by atoms with Gasteiger partial charge in [-0.05, 0) is 25.1 Å². The third-order valence-corrected chi connectivity index (χ3v) is 3.68. The minimum atomic E-state index is -0.909. The molecule has 6 heteroatoms. The monoisotopic (exact) mass is 315 g/mol. The molecule has 1 unspecified atom stereocenters. The number of rotatable bonds is 5. The van der Waals surface area contributed by atoms with Crippen molar-refractivity contribution in [1.82, 2.24) is 5.32 Å². The third kappa shape index (κ3) is 2.80. The summed E-state index contributed by atoms with van der Waals surface area (Å²) in [5.74, 6) is 0.774. The lowest BCUT2D eigenvalue weighted by atomic mass is 10.1. The number of para-hydroxylation sites is 1. The Bertz CT molecular complexity index is 819. The Labute approximate surface area is 132 Å². The molecule has 0 saturated heterocycles. The molecule has 2 aromatic heterocycles. The zero-order valence-corrected chi connectivity index (χ0v) is 12.8. The average Bonchev–Trinajstić information content (AvgIpc) is 3.21. The molecule has 0 bridgehead atoms. The van der Waals surface area contributed by atoms with Crippen molar-refractivity contribution in [2.45, 2.75) is 13.0 Å². The average molecular weight is 315 g/mol. The summed E-state index contributed by atoms with van der Waals surface area (Å²) >= 11 is 0. The van der Waals surface area contributed by atoms with Gasteiger partial charge in [0.05, 0.1) is 19.9 Å². The molecule has 0 fully saturated rings. The summed E-state index contributed by atoms with van der Waals surface area (Å²) in [7, 11) is 1.55. The van der Waals surface area contributed by atoms with Gasteiger partial charge in [-0.1, -0.05) is 12.1 Å². The molecule has 1 atom stereocenters. The van der Waals surface area contributed by atoms with E-state index in [1.807, 2.05) is 19.1 Å². The van der Waals surface area contributed by atoms with E-state index in [2.05, 4.69) is 5.32 Å². The first-order valence-corrected chi connectivity index (χ1v) is 7.17. The molecule has 0 aliphatic heterocycles. The van der Waals surface area contributed by atoms with Crippen LogP contribution >= 0.6 is 0 Å². The molecule has 0 aliphatic rings. The van der Waals surface area contributed by atoms with Gasteiger partial charge in [0.25, 0.3) is 5.91 Å². The normalized spacial score (nSPS) is 12.3. The van der Waals surface area contributed by atoms with Crippen molar-refractivity contribution in [1.29, 1.82) is 0 Å². The first-order chi connectivity index (χ1) is 11.1. The minimum Gasteiger partial charge on any atom is -0.493 e. The third-order valence-electron chi connectivity index (χ3n) is 3.68. The molecule has 0 radical (unpaired) electrons. The van der Waals surface area contributed by atoms with Crippen molar-refractivity contribution in [3.8, 4) is 5.75 Å². The minimum absolute atomic E-state index is 0.0277. The number of aryl methyl sites for hydroxylation is 1. The van der Waals surface area contributed by atoms with Crippen LogP contribution < -0.4 is 10.1 Å². The summed E-state index contributed by atoms with van der Waals surface area (Å²) in [5, 5.41) is 13.4. The molecular weight excluding hydrogens is 298 g/mol. The molecule has 23 heavy (non-hydrogen) atoms. The summed E-state index contributed by atoms with van der Waals surface area (Å²) in [4.78, 5) is 12.3. The quantitative estimate of drug-likeness (QED) is 0.756. The van der Waals surface area contributed by atoms with Gasteiger partial charge in [-0.25, -0.2) is 0 Å². The number of amides is 1. The largest absolute Gasteiger partial charge is 0.493 e. The smallest absolute Gasteiger partial charge is 0.287 e. The van der Waals surface area contributed by atoms with Crippen LogP contribution in [-0.2, 0) is 0 Å². The van der Waals surface area contributed by atoms with E-state index >= 15 is 0 Å². The molecule has 0 spiro atoms. The maximum Gasteiger partial charge on any atom is 0.287 e. The molecule has 120 valence electrons. The maximum absolute atomic E-state index is 12.3. The molecular formula is C17H17NO5. The van der Waals surface area contributed by atoms with Crippen LogP contribution in [0.1, 0.15) is 28.0 Å². The van der Waals surface area contributed by atoms with Crippen molar-refractivity contribution in [2.24, 2.45) is 0 Å². The lowest BCUT2D eigenvalue weighted by molar-refractivity contribution is 0.0875. The highest BCUT2D eigenvalue weighted by molar-refractivity contribution is 6.00. The first-order valence-electron chi connectivity index (χ1n) is 7.17. The van der Waals surface area contributed by atoms with Gasteiger partial charge in [0.1, 0.15) is 11.9 Å². The second kappa shape index (κ2) is 6.18. The summed E-state index contributed by atoms with van der Waals surface area (Å²) in [5.41, 5.74) is 1.26. The van der Waals surface area contributed by atoms with E-state index in [9.17, 15) is 9.90 Å². The summed E-state index contributed by atoms with van der Waals surface area (Å²) < 4.78 is 16.0. The fraction of sp³-hybridized carbons (Fsp3) is 0.235. The van der Waals surface area contributed by atoms with Gasteiger partial charge in [0.2, 0.25) is 0 Å². The Kier molecular flexibility index (Phi) is 4.08. The van der Waals surface area contributed by atoms with Crippen molar-refractivity contribution in [3.63, 3.8) is 0 Å². The molecule has 6 nitrogen and oxygen atoms in total. The first kappa shape index (κ1) is 15.2. The SMILES string of the molecule is COc1cccc2c(C)c(C(=O)NCC(O)c3ccco3)oc12. The van der Waals surface area contributed by atoms with Crippen LogP contribution in [0.2, 0.25) is 0 Å². The number of furan rings is 2. The van der Waals surface area contributed by atoms with Crippen LogP contribution in [0.15, 0.2) is 45.4 Å². The van der Waals surface area contributed by atoms with Crippen molar-refractivity contribution >= 4 is 16.9 Å². The van der Waals surface area contributed by atoms with Crippen LogP contribution in [0.4, 0.5) is 0 Å². The topological polar surface area (TPSA) is 84.8 Å². The van der Waals surface area contributed by atoms with Crippen LogP contribution in [0.3, 0.4) is 0 Å². The molecule has 0 aliphatic carbocycles. The highest BCUT2D eigenvalue weighted by Gasteiger charge is 2.21. The highest BCUT2D eigenvalue weighted by atomic mass is 16.5. The number of nitrogens with one attached hydrogen (secondary N) is 1. The van der Waals surface area contributed by atoms with E-state index in [-0.39, 0.29) is 12.3 Å². The molecule has 3 rings (SSSR count). The Morgan fingerprint density at radius 2 is 2.17 bits per heavy atom. The highest BCUT2D eigenvalue weighted by Crippen LogP contribution is 2.32. The molecule has 0 saturated carbocycles. The fourth-order valence-corrected chi connectivity index (χ4v) is 2.45. The maximum atomic E-state index is 12.3. The number of methoxy groups -OCH3 is 1. The Morgan fingerprint density at radius 3 is 2.87 bits per heavy atom. The number of carbonyl (C=O) groups excluding carboxylic acids is 1. The number of aliphatic hydroxyl groups is 1. The number of hydrogen-bond acceptors (Lipinski definition) is 5. The van der Waals surface area contributed by atoms with E-state index in [4.69, 9.17) is 13.6 Å². The summed E-state index contributed by atoms with van der Waals surface area (Å²) in [6.07, 6.45) is 0.559. The molecule has 3 aromatic rings. The lowest BCUT2D eigenvalue weighted by Gasteiger charge is -2.08. The number of aliphatic hydroxyl groups excluding tert-OH is 1. The van der Waals surface area contributed by atoms with Crippen LogP contribution in [-0.4, -0.2) is 24.7 Å². The van der Waals surface area contributed by atoms with Gasteiger partial charge in [-0.3, -0.25) is 4.79 Å².